The lowest BCUT2D eigenvalue weighted by atomic mass is 9.96. The summed E-state index contributed by atoms with van der Waals surface area (Å²) in [6.45, 7) is 3.86. The van der Waals surface area contributed by atoms with Crippen molar-refractivity contribution in [3.05, 3.63) is 70.5 Å². The Kier molecular flexibility index (Phi) is 4.30. The standard InChI is InChI=1S/C16H19FN2/c1-3-12-7-9-13(10-8-12)16(19-18)14-6-4-5-11(2)15(14)17/h4-10,16,19H,3,18H2,1-2H3. The normalized spacial score (nSPS) is 12.4. The van der Waals surface area contributed by atoms with Gasteiger partial charge in [0, 0.05) is 5.56 Å². The molecule has 3 N–H and O–H groups in total. The maximum Gasteiger partial charge on any atom is 0.131 e. The van der Waals surface area contributed by atoms with Gasteiger partial charge in [0.15, 0.2) is 0 Å². The van der Waals surface area contributed by atoms with Crippen molar-refractivity contribution in [1.82, 2.24) is 5.43 Å². The first-order valence-electron chi connectivity index (χ1n) is 6.47. The number of halogens is 1. The zero-order chi connectivity index (χ0) is 13.8. The minimum atomic E-state index is -0.328. The van der Waals surface area contributed by atoms with Gasteiger partial charge in [0.1, 0.15) is 5.82 Å². The average Bonchev–Trinajstić information content (AvgIpc) is 2.45. The molecule has 0 spiro atoms. The van der Waals surface area contributed by atoms with Crippen LogP contribution in [0.5, 0.6) is 0 Å². The van der Waals surface area contributed by atoms with E-state index in [0.717, 1.165) is 12.0 Å². The van der Waals surface area contributed by atoms with Crippen LogP contribution in [0.3, 0.4) is 0 Å². The van der Waals surface area contributed by atoms with Crippen LogP contribution >= 0.6 is 0 Å². The van der Waals surface area contributed by atoms with Crippen molar-refractivity contribution in [2.24, 2.45) is 5.84 Å². The first kappa shape index (κ1) is 13.7. The second-order valence-corrected chi connectivity index (χ2v) is 4.67. The highest BCUT2D eigenvalue weighted by Crippen LogP contribution is 2.25. The van der Waals surface area contributed by atoms with Gasteiger partial charge in [-0.15, -0.1) is 0 Å². The fourth-order valence-electron chi connectivity index (χ4n) is 2.20. The summed E-state index contributed by atoms with van der Waals surface area (Å²) >= 11 is 0. The number of hydrogen-bond donors (Lipinski definition) is 2. The maximum atomic E-state index is 14.2. The van der Waals surface area contributed by atoms with E-state index in [1.807, 2.05) is 30.3 Å². The summed E-state index contributed by atoms with van der Waals surface area (Å²) in [7, 11) is 0. The third-order valence-corrected chi connectivity index (χ3v) is 3.42. The van der Waals surface area contributed by atoms with Gasteiger partial charge in [0.25, 0.3) is 0 Å². The Labute approximate surface area is 113 Å². The Morgan fingerprint density at radius 1 is 1.16 bits per heavy atom. The Morgan fingerprint density at radius 3 is 2.42 bits per heavy atom. The van der Waals surface area contributed by atoms with E-state index < -0.39 is 0 Å². The third kappa shape index (κ3) is 2.83. The van der Waals surface area contributed by atoms with Gasteiger partial charge in [0.2, 0.25) is 0 Å². The average molecular weight is 258 g/mol. The minimum absolute atomic E-state index is 0.204. The maximum absolute atomic E-state index is 14.2. The Balaban J connectivity index is 2.40. The molecule has 3 heteroatoms. The monoisotopic (exact) mass is 258 g/mol. The molecule has 1 atom stereocenters. The summed E-state index contributed by atoms with van der Waals surface area (Å²) in [6, 6.07) is 13.1. The van der Waals surface area contributed by atoms with E-state index in [9.17, 15) is 4.39 Å². The fourth-order valence-corrected chi connectivity index (χ4v) is 2.20. The van der Waals surface area contributed by atoms with Crippen molar-refractivity contribution >= 4 is 0 Å². The minimum Gasteiger partial charge on any atom is -0.271 e. The summed E-state index contributed by atoms with van der Waals surface area (Å²) in [4.78, 5) is 0. The largest absolute Gasteiger partial charge is 0.271 e. The molecule has 0 amide bonds. The number of hydrogen-bond acceptors (Lipinski definition) is 2. The van der Waals surface area contributed by atoms with Crippen molar-refractivity contribution < 1.29 is 4.39 Å². The van der Waals surface area contributed by atoms with E-state index in [1.54, 1.807) is 19.1 Å². The van der Waals surface area contributed by atoms with Crippen molar-refractivity contribution in [1.29, 1.82) is 0 Å². The topological polar surface area (TPSA) is 38.0 Å². The molecule has 19 heavy (non-hydrogen) atoms. The molecule has 2 rings (SSSR count). The Bertz CT molecular complexity index is 549. The summed E-state index contributed by atoms with van der Waals surface area (Å²) in [5.41, 5.74) is 6.12. The van der Waals surface area contributed by atoms with E-state index >= 15 is 0 Å². The van der Waals surface area contributed by atoms with Crippen molar-refractivity contribution in [3.63, 3.8) is 0 Å². The predicted octanol–water partition coefficient (Wildman–Crippen LogP) is 3.25. The second-order valence-electron chi connectivity index (χ2n) is 4.67. The van der Waals surface area contributed by atoms with Gasteiger partial charge in [-0.25, -0.2) is 9.82 Å². The molecule has 0 heterocycles. The van der Waals surface area contributed by atoms with Crippen LogP contribution in [0.1, 0.15) is 35.2 Å². The van der Waals surface area contributed by atoms with Crippen LogP contribution in [0.15, 0.2) is 42.5 Å². The molecular weight excluding hydrogens is 239 g/mol. The fraction of sp³-hybridized carbons (Fsp3) is 0.250. The van der Waals surface area contributed by atoms with Crippen LogP contribution in [0, 0.1) is 12.7 Å². The van der Waals surface area contributed by atoms with Crippen LogP contribution in [0.4, 0.5) is 4.39 Å². The molecule has 0 saturated carbocycles. The summed E-state index contributed by atoms with van der Waals surface area (Å²) in [6.07, 6.45) is 0.986. The lowest BCUT2D eigenvalue weighted by Gasteiger charge is -2.18. The number of rotatable bonds is 4. The van der Waals surface area contributed by atoms with Gasteiger partial charge in [0.05, 0.1) is 6.04 Å². The van der Waals surface area contributed by atoms with Crippen molar-refractivity contribution in [2.45, 2.75) is 26.3 Å². The number of aryl methyl sites for hydroxylation is 2. The zero-order valence-electron chi connectivity index (χ0n) is 11.3. The first-order valence-corrected chi connectivity index (χ1v) is 6.47. The predicted molar refractivity (Wildman–Crippen MR) is 76.1 cm³/mol. The highest BCUT2D eigenvalue weighted by molar-refractivity contribution is 5.36. The highest BCUT2D eigenvalue weighted by Gasteiger charge is 2.17. The lowest BCUT2D eigenvalue weighted by Crippen LogP contribution is -2.29. The van der Waals surface area contributed by atoms with E-state index in [2.05, 4.69) is 12.3 Å². The third-order valence-electron chi connectivity index (χ3n) is 3.42. The van der Waals surface area contributed by atoms with Gasteiger partial charge in [-0.3, -0.25) is 5.84 Å². The van der Waals surface area contributed by atoms with Gasteiger partial charge in [-0.2, -0.15) is 0 Å². The molecule has 0 bridgehead atoms. The van der Waals surface area contributed by atoms with E-state index in [1.165, 1.54) is 5.56 Å². The van der Waals surface area contributed by atoms with Crippen LogP contribution in [0.25, 0.3) is 0 Å². The van der Waals surface area contributed by atoms with Gasteiger partial charge >= 0.3 is 0 Å². The number of nitrogens with two attached hydrogens (primary N) is 1. The molecular formula is C16H19FN2. The molecule has 0 aliphatic heterocycles. The first-order chi connectivity index (χ1) is 9.17. The quantitative estimate of drug-likeness (QED) is 0.652. The Hall–Kier alpha value is -1.71. The van der Waals surface area contributed by atoms with Crippen molar-refractivity contribution in [2.75, 3.05) is 0 Å². The lowest BCUT2D eigenvalue weighted by molar-refractivity contribution is 0.554. The molecule has 1 unspecified atom stereocenters. The van der Waals surface area contributed by atoms with Gasteiger partial charge in [-0.05, 0) is 30.0 Å². The smallest absolute Gasteiger partial charge is 0.131 e. The zero-order valence-corrected chi connectivity index (χ0v) is 11.3. The molecule has 2 aromatic rings. The molecule has 0 saturated heterocycles. The van der Waals surface area contributed by atoms with E-state index in [0.29, 0.717) is 11.1 Å². The molecule has 0 aliphatic carbocycles. The Morgan fingerprint density at radius 2 is 1.84 bits per heavy atom. The molecule has 2 nitrogen and oxygen atoms in total. The summed E-state index contributed by atoms with van der Waals surface area (Å²) in [5.74, 6) is 5.41. The SMILES string of the molecule is CCc1ccc(C(NN)c2cccc(C)c2F)cc1. The number of hydrazine groups is 1. The van der Waals surface area contributed by atoms with Gasteiger partial charge in [-0.1, -0.05) is 49.4 Å². The van der Waals surface area contributed by atoms with Crippen LogP contribution in [-0.4, -0.2) is 0 Å². The second kappa shape index (κ2) is 5.95. The van der Waals surface area contributed by atoms with Crippen molar-refractivity contribution in [3.8, 4) is 0 Å². The number of nitrogens with one attached hydrogen (secondary N) is 1. The molecule has 0 aromatic heterocycles. The summed E-state index contributed by atoms with van der Waals surface area (Å²) < 4.78 is 14.2. The molecule has 2 aromatic carbocycles. The summed E-state index contributed by atoms with van der Waals surface area (Å²) in [5, 5.41) is 0. The van der Waals surface area contributed by atoms with E-state index in [4.69, 9.17) is 5.84 Å². The highest BCUT2D eigenvalue weighted by atomic mass is 19.1. The van der Waals surface area contributed by atoms with Crippen LogP contribution in [-0.2, 0) is 6.42 Å². The van der Waals surface area contributed by atoms with Crippen LogP contribution in [0.2, 0.25) is 0 Å². The van der Waals surface area contributed by atoms with E-state index in [-0.39, 0.29) is 11.9 Å². The number of benzene rings is 2. The molecule has 0 radical (unpaired) electrons. The molecule has 0 aliphatic rings. The van der Waals surface area contributed by atoms with Gasteiger partial charge < -0.3 is 0 Å². The molecule has 0 fully saturated rings. The molecule has 100 valence electrons. The van der Waals surface area contributed by atoms with Crippen LogP contribution < -0.4 is 11.3 Å².